The van der Waals surface area contributed by atoms with Crippen molar-refractivity contribution in [2.24, 2.45) is 5.10 Å². The molecule has 1 saturated heterocycles. The molecule has 1 aromatic rings. The van der Waals surface area contributed by atoms with E-state index in [-0.39, 0.29) is 0 Å². The molecule has 1 fully saturated rings. The van der Waals surface area contributed by atoms with Crippen molar-refractivity contribution in [3.63, 3.8) is 0 Å². The second-order valence-electron chi connectivity index (χ2n) is 6.56. The first-order valence-electron chi connectivity index (χ1n) is 9.37. The molecule has 2 N–H and O–H groups in total. The molecule has 1 aliphatic heterocycles. The van der Waals surface area contributed by atoms with Gasteiger partial charge in [-0.2, -0.15) is 5.10 Å². The zero-order valence-corrected chi connectivity index (χ0v) is 17.4. The van der Waals surface area contributed by atoms with E-state index in [0.717, 1.165) is 49.7 Å². The normalized spacial score (nSPS) is 18.8. The van der Waals surface area contributed by atoms with Crippen LogP contribution in [0.15, 0.2) is 58.9 Å². The maximum Gasteiger partial charge on any atom is 0.187 e. The minimum absolute atomic E-state index is 0.486. The highest BCUT2D eigenvalue weighted by molar-refractivity contribution is 7.80. The SMILES string of the molecule is C=CCNC(=S)N/N=C/C1=C(N2CCOCC2)C(=C\c2ccc(Cl)cc2)/CC1. The molecule has 1 aromatic carbocycles. The van der Waals surface area contributed by atoms with Gasteiger partial charge in [0.25, 0.3) is 0 Å². The number of thiocarbonyl (C=S) groups is 1. The molecule has 5 nitrogen and oxygen atoms in total. The van der Waals surface area contributed by atoms with Gasteiger partial charge in [0.15, 0.2) is 5.11 Å². The molecule has 0 unspecified atom stereocenters. The van der Waals surface area contributed by atoms with Gasteiger partial charge in [-0.25, -0.2) is 0 Å². The maximum atomic E-state index is 6.02. The van der Waals surface area contributed by atoms with Gasteiger partial charge in [0, 0.05) is 30.4 Å². The van der Waals surface area contributed by atoms with Gasteiger partial charge < -0.3 is 15.0 Å². The number of hydrogen-bond donors (Lipinski definition) is 2. The van der Waals surface area contributed by atoms with Crippen LogP contribution in [0.25, 0.3) is 6.08 Å². The summed E-state index contributed by atoms with van der Waals surface area (Å²) in [5.41, 5.74) is 7.80. The molecule has 28 heavy (non-hydrogen) atoms. The molecule has 0 spiro atoms. The maximum absolute atomic E-state index is 6.02. The lowest BCUT2D eigenvalue weighted by Gasteiger charge is -2.31. The summed E-state index contributed by atoms with van der Waals surface area (Å²) in [6.07, 6.45) is 7.81. The zero-order chi connectivity index (χ0) is 19.8. The standard InChI is InChI=1S/C21H25ClN4OS/c1-2-9-23-21(28)25-24-15-18-6-5-17(14-16-3-7-19(22)8-4-16)20(18)26-10-12-27-13-11-26/h2-4,7-8,14-15H,1,5-6,9-13H2,(H2,23,25,28)/b17-14-,24-15+. The number of allylic oxidation sites excluding steroid dienone is 2. The van der Waals surface area contributed by atoms with Crippen LogP contribution in [0, 0.1) is 0 Å². The fourth-order valence-electron chi connectivity index (χ4n) is 3.31. The second kappa shape index (κ2) is 10.4. The van der Waals surface area contributed by atoms with Gasteiger partial charge in [-0.05, 0) is 60.0 Å². The highest BCUT2D eigenvalue weighted by Crippen LogP contribution is 2.35. The van der Waals surface area contributed by atoms with E-state index in [1.165, 1.54) is 16.8 Å². The molecule has 0 radical (unpaired) electrons. The number of benzene rings is 1. The minimum atomic E-state index is 0.486. The van der Waals surface area contributed by atoms with Crippen molar-refractivity contribution in [1.29, 1.82) is 0 Å². The number of hydrogen-bond acceptors (Lipinski definition) is 4. The Bertz CT molecular complexity index is 795. The first kappa shape index (κ1) is 20.6. The number of nitrogens with one attached hydrogen (secondary N) is 2. The Labute approximate surface area is 176 Å². The van der Waals surface area contributed by atoms with Crippen LogP contribution in [0.3, 0.4) is 0 Å². The van der Waals surface area contributed by atoms with Crippen LogP contribution < -0.4 is 10.7 Å². The van der Waals surface area contributed by atoms with Crippen molar-refractivity contribution in [2.75, 3.05) is 32.8 Å². The molecular weight excluding hydrogens is 392 g/mol. The summed E-state index contributed by atoms with van der Waals surface area (Å²) in [6, 6.07) is 7.93. The molecule has 1 heterocycles. The van der Waals surface area contributed by atoms with Crippen LogP contribution in [-0.2, 0) is 4.74 Å². The van der Waals surface area contributed by atoms with Crippen LogP contribution in [0.4, 0.5) is 0 Å². The lowest BCUT2D eigenvalue weighted by Crippen LogP contribution is -2.36. The van der Waals surface area contributed by atoms with Crippen molar-refractivity contribution in [3.05, 3.63) is 64.3 Å². The van der Waals surface area contributed by atoms with Crippen molar-refractivity contribution in [2.45, 2.75) is 12.8 Å². The summed E-state index contributed by atoms with van der Waals surface area (Å²) in [6.45, 7) is 7.53. The van der Waals surface area contributed by atoms with Gasteiger partial charge in [0.1, 0.15) is 0 Å². The minimum Gasteiger partial charge on any atom is -0.378 e. The molecule has 0 aromatic heterocycles. The third-order valence-electron chi connectivity index (χ3n) is 4.60. The number of hydrazone groups is 1. The van der Waals surface area contributed by atoms with Crippen LogP contribution in [0.2, 0.25) is 5.02 Å². The second-order valence-corrected chi connectivity index (χ2v) is 7.41. The lowest BCUT2D eigenvalue weighted by atomic mass is 10.1. The summed E-state index contributed by atoms with van der Waals surface area (Å²) in [4.78, 5) is 2.40. The number of rotatable bonds is 6. The summed E-state index contributed by atoms with van der Waals surface area (Å²) < 4.78 is 5.53. The monoisotopic (exact) mass is 416 g/mol. The number of ether oxygens (including phenoxy) is 1. The fourth-order valence-corrected chi connectivity index (χ4v) is 3.57. The van der Waals surface area contributed by atoms with Gasteiger partial charge in [-0.3, -0.25) is 5.43 Å². The van der Waals surface area contributed by atoms with Crippen LogP contribution >= 0.6 is 23.8 Å². The van der Waals surface area contributed by atoms with E-state index in [0.29, 0.717) is 11.7 Å². The number of halogens is 1. The van der Waals surface area contributed by atoms with E-state index >= 15 is 0 Å². The molecule has 0 bridgehead atoms. The van der Waals surface area contributed by atoms with E-state index in [2.05, 4.69) is 33.4 Å². The van der Waals surface area contributed by atoms with Crippen LogP contribution in [0.5, 0.6) is 0 Å². The van der Waals surface area contributed by atoms with E-state index in [4.69, 9.17) is 28.6 Å². The highest BCUT2D eigenvalue weighted by Gasteiger charge is 2.25. The van der Waals surface area contributed by atoms with Crippen LogP contribution in [-0.4, -0.2) is 49.1 Å². The average Bonchev–Trinajstić information content (AvgIpc) is 3.11. The fraction of sp³-hybridized carbons (Fsp3) is 0.333. The Morgan fingerprint density at radius 1 is 1.25 bits per heavy atom. The first-order valence-corrected chi connectivity index (χ1v) is 10.2. The summed E-state index contributed by atoms with van der Waals surface area (Å²) in [5.74, 6) is 0. The Kier molecular flexibility index (Phi) is 7.65. The van der Waals surface area contributed by atoms with Crippen LogP contribution in [0.1, 0.15) is 18.4 Å². The molecule has 148 valence electrons. The largest absolute Gasteiger partial charge is 0.378 e. The highest BCUT2D eigenvalue weighted by atomic mass is 35.5. The van der Waals surface area contributed by atoms with E-state index < -0.39 is 0 Å². The predicted molar refractivity (Wildman–Crippen MR) is 121 cm³/mol. The third kappa shape index (κ3) is 5.67. The molecule has 2 aliphatic rings. The first-order chi connectivity index (χ1) is 13.7. The quantitative estimate of drug-likeness (QED) is 0.320. The van der Waals surface area contributed by atoms with Gasteiger partial charge >= 0.3 is 0 Å². The Balaban J connectivity index is 1.81. The number of nitrogens with zero attached hydrogens (tertiary/aromatic N) is 2. The van der Waals surface area contributed by atoms with Crippen molar-refractivity contribution >= 4 is 41.2 Å². The predicted octanol–water partition coefficient (Wildman–Crippen LogP) is 3.74. The molecule has 0 saturated carbocycles. The third-order valence-corrected chi connectivity index (χ3v) is 5.09. The number of morpholine rings is 1. The summed E-state index contributed by atoms with van der Waals surface area (Å²) >= 11 is 11.2. The molecule has 0 atom stereocenters. The smallest absolute Gasteiger partial charge is 0.187 e. The van der Waals surface area contributed by atoms with Gasteiger partial charge in [0.05, 0.1) is 19.4 Å². The van der Waals surface area contributed by atoms with Crippen molar-refractivity contribution < 1.29 is 4.74 Å². The zero-order valence-electron chi connectivity index (χ0n) is 15.8. The Morgan fingerprint density at radius 3 is 2.71 bits per heavy atom. The molecule has 0 amide bonds. The van der Waals surface area contributed by atoms with Gasteiger partial charge in [0.2, 0.25) is 0 Å². The lowest BCUT2D eigenvalue weighted by molar-refractivity contribution is 0.0548. The molecule has 3 rings (SSSR count). The van der Waals surface area contributed by atoms with Crippen molar-refractivity contribution in [1.82, 2.24) is 15.6 Å². The molecule has 1 aliphatic carbocycles. The summed E-state index contributed by atoms with van der Waals surface area (Å²) in [5, 5.41) is 8.57. The topological polar surface area (TPSA) is 48.9 Å². The summed E-state index contributed by atoms with van der Waals surface area (Å²) in [7, 11) is 0. The van der Waals surface area contributed by atoms with Crippen molar-refractivity contribution in [3.8, 4) is 0 Å². The van der Waals surface area contributed by atoms with Gasteiger partial charge in [-0.15, -0.1) is 6.58 Å². The van der Waals surface area contributed by atoms with E-state index in [1.807, 2.05) is 30.5 Å². The van der Waals surface area contributed by atoms with Gasteiger partial charge in [-0.1, -0.05) is 29.8 Å². The Morgan fingerprint density at radius 2 is 2.00 bits per heavy atom. The average molecular weight is 417 g/mol. The Hall–Kier alpha value is -2.15. The molecule has 7 heteroatoms. The van der Waals surface area contributed by atoms with E-state index in [1.54, 1.807) is 6.08 Å². The van der Waals surface area contributed by atoms with E-state index in [9.17, 15) is 0 Å². The molecular formula is C21H25ClN4OS.